The van der Waals surface area contributed by atoms with Crippen molar-refractivity contribution >= 4 is 0 Å². The first-order valence-corrected chi connectivity index (χ1v) is 6.36. The number of hydrogen-bond donors (Lipinski definition) is 0. The molecule has 1 nitrogen and oxygen atoms in total. The molecule has 1 rings (SSSR count). The second kappa shape index (κ2) is 9.51. The number of ether oxygens (including phenoxy) is 1. The maximum atomic E-state index is 5.55. The Kier molecular flexibility index (Phi) is 9.49. The Morgan fingerprint density at radius 2 is 1.07 bits per heavy atom. The van der Waals surface area contributed by atoms with E-state index < -0.39 is 0 Å². The van der Waals surface area contributed by atoms with Gasteiger partial charge < -0.3 is 4.74 Å². The molecule has 1 aliphatic rings. The molecule has 0 aromatic carbocycles. The summed E-state index contributed by atoms with van der Waals surface area (Å²) in [4.78, 5) is 0. The first kappa shape index (κ1) is 14.0. The van der Waals surface area contributed by atoms with Crippen LogP contribution in [-0.4, -0.2) is 12.2 Å². The van der Waals surface area contributed by atoms with Gasteiger partial charge in [-0.3, -0.25) is 0 Å². The lowest BCUT2D eigenvalue weighted by Crippen LogP contribution is -2.14. The summed E-state index contributed by atoms with van der Waals surface area (Å²) >= 11 is 0. The third-order valence-electron chi connectivity index (χ3n) is 2.86. The Balaban J connectivity index is 0.000000280. The maximum absolute atomic E-state index is 5.55. The minimum absolute atomic E-state index is 0.431. The standard InChI is InChI=1S/C8H18O.C5H10/c1-5-7(3)9-8(4)6-2;1-2-4-5-3-1/h7-8H,5-6H2,1-4H3;1-5H2. The van der Waals surface area contributed by atoms with E-state index in [1.54, 1.807) is 0 Å². The van der Waals surface area contributed by atoms with Gasteiger partial charge in [-0.25, -0.2) is 0 Å². The van der Waals surface area contributed by atoms with E-state index >= 15 is 0 Å². The van der Waals surface area contributed by atoms with Gasteiger partial charge in [-0.15, -0.1) is 0 Å². The maximum Gasteiger partial charge on any atom is 0.0548 e. The summed E-state index contributed by atoms with van der Waals surface area (Å²) in [6.45, 7) is 8.53. The largest absolute Gasteiger partial charge is 0.376 e. The van der Waals surface area contributed by atoms with E-state index in [4.69, 9.17) is 4.74 Å². The molecular formula is C13H28O. The van der Waals surface area contributed by atoms with Crippen molar-refractivity contribution in [2.45, 2.75) is 84.8 Å². The smallest absolute Gasteiger partial charge is 0.0548 e. The highest BCUT2D eigenvalue weighted by Crippen LogP contribution is 2.15. The second-order valence-electron chi connectivity index (χ2n) is 4.34. The highest BCUT2D eigenvalue weighted by atomic mass is 16.5. The zero-order chi connectivity index (χ0) is 10.8. The summed E-state index contributed by atoms with van der Waals surface area (Å²) in [6, 6.07) is 0. The molecule has 0 saturated heterocycles. The van der Waals surface area contributed by atoms with Crippen LogP contribution in [0.15, 0.2) is 0 Å². The van der Waals surface area contributed by atoms with Crippen molar-refractivity contribution in [3.63, 3.8) is 0 Å². The van der Waals surface area contributed by atoms with Crippen molar-refractivity contribution in [3.05, 3.63) is 0 Å². The molecular weight excluding hydrogens is 172 g/mol. The molecule has 0 aliphatic heterocycles. The first-order chi connectivity index (χ1) is 6.70. The normalized spacial score (nSPS) is 19.7. The van der Waals surface area contributed by atoms with Gasteiger partial charge in [0.2, 0.25) is 0 Å². The van der Waals surface area contributed by atoms with E-state index in [9.17, 15) is 0 Å². The third-order valence-corrected chi connectivity index (χ3v) is 2.86. The van der Waals surface area contributed by atoms with Gasteiger partial charge in [0, 0.05) is 0 Å². The predicted molar refractivity (Wildman–Crippen MR) is 63.7 cm³/mol. The van der Waals surface area contributed by atoms with E-state index in [-0.39, 0.29) is 0 Å². The lowest BCUT2D eigenvalue weighted by molar-refractivity contribution is 0.00511. The fourth-order valence-electron chi connectivity index (χ4n) is 1.47. The molecule has 1 aliphatic carbocycles. The molecule has 14 heavy (non-hydrogen) atoms. The van der Waals surface area contributed by atoms with Gasteiger partial charge in [0.25, 0.3) is 0 Å². The molecule has 1 fully saturated rings. The highest BCUT2D eigenvalue weighted by molar-refractivity contribution is 4.51. The van der Waals surface area contributed by atoms with Gasteiger partial charge in [-0.1, -0.05) is 46.0 Å². The van der Waals surface area contributed by atoms with E-state index in [1.807, 2.05) is 0 Å². The Bertz CT molecular complexity index is 92.2. The van der Waals surface area contributed by atoms with E-state index in [1.165, 1.54) is 32.1 Å². The monoisotopic (exact) mass is 200 g/mol. The topological polar surface area (TPSA) is 9.23 Å². The molecule has 0 bridgehead atoms. The summed E-state index contributed by atoms with van der Waals surface area (Å²) < 4.78 is 5.55. The van der Waals surface area contributed by atoms with Crippen molar-refractivity contribution < 1.29 is 4.74 Å². The molecule has 2 atom stereocenters. The summed E-state index contributed by atoms with van der Waals surface area (Å²) in [5.74, 6) is 0. The minimum Gasteiger partial charge on any atom is -0.376 e. The zero-order valence-corrected chi connectivity index (χ0v) is 10.5. The van der Waals surface area contributed by atoms with Crippen LogP contribution < -0.4 is 0 Å². The highest BCUT2D eigenvalue weighted by Gasteiger charge is 2.02. The predicted octanol–water partition coefficient (Wildman–Crippen LogP) is 4.55. The number of rotatable bonds is 4. The van der Waals surface area contributed by atoms with Gasteiger partial charge in [-0.2, -0.15) is 0 Å². The molecule has 0 radical (unpaired) electrons. The average Bonchev–Trinajstić information content (AvgIpc) is 2.75. The van der Waals surface area contributed by atoms with Gasteiger partial charge in [-0.05, 0) is 26.7 Å². The van der Waals surface area contributed by atoms with E-state index in [0.717, 1.165) is 12.8 Å². The lowest BCUT2D eigenvalue weighted by Gasteiger charge is -2.15. The van der Waals surface area contributed by atoms with Gasteiger partial charge in [0.15, 0.2) is 0 Å². The molecule has 86 valence electrons. The van der Waals surface area contributed by atoms with Crippen LogP contribution in [0, 0.1) is 0 Å². The SMILES string of the molecule is C1CCCC1.CCC(C)OC(C)CC. The van der Waals surface area contributed by atoms with E-state index in [0.29, 0.717) is 12.2 Å². The zero-order valence-electron chi connectivity index (χ0n) is 10.5. The molecule has 2 unspecified atom stereocenters. The van der Waals surface area contributed by atoms with Crippen LogP contribution in [0.5, 0.6) is 0 Å². The Labute approximate surface area is 90.2 Å². The fourth-order valence-corrected chi connectivity index (χ4v) is 1.47. The van der Waals surface area contributed by atoms with Crippen molar-refractivity contribution in [2.24, 2.45) is 0 Å². The van der Waals surface area contributed by atoms with Crippen LogP contribution in [0.3, 0.4) is 0 Å². The summed E-state index contributed by atoms with van der Waals surface area (Å²) in [6.07, 6.45) is 10.6. The first-order valence-electron chi connectivity index (χ1n) is 6.36. The van der Waals surface area contributed by atoms with Crippen LogP contribution >= 0.6 is 0 Å². The lowest BCUT2D eigenvalue weighted by atomic mass is 10.3. The van der Waals surface area contributed by atoms with Crippen molar-refractivity contribution in [2.75, 3.05) is 0 Å². The summed E-state index contributed by atoms with van der Waals surface area (Å²) in [5, 5.41) is 0. The van der Waals surface area contributed by atoms with Crippen LogP contribution in [0.25, 0.3) is 0 Å². The van der Waals surface area contributed by atoms with Crippen LogP contribution in [0.2, 0.25) is 0 Å². The van der Waals surface area contributed by atoms with E-state index in [2.05, 4.69) is 27.7 Å². The number of hydrogen-bond acceptors (Lipinski definition) is 1. The fraction of sp³-hybridized carbons (Fsp3) is 1.00. The molecule has 1 saturated carbocycles. The third kappa shape index (κ3) is 8.55. The molecule has 0 N–H and O–H groups in total. The molecule has 0 aromatic heterocycles. The molecule has 0 spiro atoms. The minimum atomic E-state index is 0.431. The summed E-state index contributed by atoms with van der Waals surface area (Å²) in [5.41, 5.74) is 0. The van der Waals surface area contributed by atoms with Gasteiger partial charge in [0.1, 0.15) is 0 Å². The molecule has 0 amide bonds. The van der Waals surface area contributed by atoms with Crippen molar-refractivity contribution in [1.82, 2.24) is 0 Å². The average molecular weight is 200 g/mol. The molecule has 0 aromatic rings. The Morgan fingerprint density at radius 3 is 1.29 bits per heavy atom. The molecule has 0 heterocycles. The van der Waals surface area contributed by atoms with Crippen molar-refractivity contribution in [1.29, 1.82) is 0 Å². The van der Waals surface area contributed by atoms with Gasteiger partial charge >= 0.3 is 0 Å². The second-order valence-corrected chi connectivity index (χ2v) is 4.34. The van der Waals surface area contributed by atoms with Crippen LogP contribution in [-0.2, 0) is 4.74 Å². The summed E-state index contributed by atoms with van der Waals surface area (Å²) in [7, 11) is 0. The Hall–Kier alpha value is -0.0400. The quantitative estimate of drug-likeness (QED) is 0.647. The van der Waals surface area contributed by atoms with Crippen LogP contribution in [0.4, 0.5) is 0 Å². The Morgan fingerprint density at radius 1 is 0.786 bits per heavy atom. The van der Waals surface area contributed by atoms with Gasteiger partial charge in [0.05, 0.1) is 12.2 Å². The molecule has 1 heteroatoms. The van der Waals surface area contributed by atoms with Crippen molar-refractivity contribution in [3.8, 4) is 0 Å². The van der Waals surface area contributed by atoms with Crippen LogP contribution in [0.1, 0.15) is 72.6 Å².